The van der Waals surface area contributed by atoms with Crippen molar-refractivity contribution in [3.05, 3.63) is 66.2 Å². The third kappa shape index (κ3) is 3.09. The lowest BCUT2D eigenvalue weighted by Gasteiger charge is -2.04. The third-order valence-electron chi connectivity index (χ3n) is 3.17. The summed E-state index contributed by atoms with van der Waals surface area (Å²) in [4.78, 5) is 15.3. The zero-order chi connectivity index (χ0) is 15.4. The van der Waals surface area contributed by atoms with Gasteiger partial charge in [0, 0.05) is 10.9 Å². The second-order valence-corrected chi connectivity index (χ2v) is 4.75. The first kappa shape index (κ1) is 13.8. The number of benzene rings is 2. The molecule has 0 bridgehead atoms. The van der Waals surface area contributed by atoms with Crippen molar-refractivity contribution in [2.75, 3.05) is 0 Å². The van der Waals surface area contributed by atoms with Gasteiger partial charge in [-0.1, -0.05) is 48.5 Å². The second-order valence-electron chi connectivity index (χ2n) is 4.75. The number of rotatable bonds is 3. The number of aromatic nitrogens is 1. The number of hydrogen-bond donors (Lipinski definition) is 2. The molecule has 0 radical (unpaired) electrons. The Balaban J connectivity index is 1.96. The van der Waals surface area contributed by atoms with Gasteiger partial charge in [-0.05, 0) is 17.7 Å². The van der Waals surface area contributed by atoms with Gasteiger partial charge in [0.1, 0.15) is 0 Å². The number of nitrogens with one attached hydrogen (secondary N) is 1. The molecule has 0 spiro atoms. The van der Waals surface area contributed by atoms with Gasteiger partial charge in [-0.25, -0.2) is 15.2 Å². The molecule has 0 atom stereocenters. The number of nitrogens with two attached hydrogens (primary N) is 1. The van der Waals surface area contributed by atoms with Gasteiger partial charge in [0.25, 0.3) is 0 Å². The topological polar surface area (TPSA) is 80.4 Å². The minimum Gasteiger partial charge on any atom is -0.350 e. The first-order valence-corrected chi connectivity index (χ1v) is 6.77. The minimum atomic E-state index is -0.693. The van der Waals surface area contributed by atoms with Crippen LogP contribution in [0.1, 0.15) is 5.56 Å². The van der Waals surface area contributed by atoms with Gasteiger partial charge < -0.3 is 5.73 Å². The summed E-state index contributed by atoms with van der Waals surface area (Å²) in [5.41, 5.74) is 10.8. The zero-order valence-corrected chi connectivity index (χ0v) is 11.7. The lowest BCUT2D eigenvalue weighted by atomic mass is 10.1. The average Bonchev–Trinajstić information content (AvgIpc) is 2.55. The second kappa shape index (κ2) is 6.05. The molecule has 5 nitrogen and oxygen atoms in total. The van der Waals surface area contributed by atoms with E-state index in [-0.39, 0.29) is 0 Å². The number of fused-ring (bicyclic) bond motifs is 1. The van der Waals surface area contributed by atoms with Gasteiger partial charge in [0.15, 0.2) is 0 Å². The molecule has 2 amide bonds. The molecular weight excluding hydrogens is 276 g/mol. The molecule has 0 aliphatic carbocycles. The van der Waals surface area contributed by atoms with E-state index < -0.39 is 6.03 Å². The Morgan fingerprint density at radius 2 is 1.86 bits per heavy atom. The predicted octanol–water partition coefficient (Wildman–Crippen LogP) is 2.90. The number of hydrogen-bond acceptors (Lipinski definition) is 3. The first-order valence-electron chi connectivity index (χ1n) is 6.77. The molecular formula is C17H14N4O. The van der Waals surface area contributed by atoms with Crippen molar-refractivity contribution in [1.29, 1.82) is 0 Å². The van der Waals surface area contributed by atoms with Crippen LogP contribution < -0.4 is 11.2 Å². The predicted molar refractivity (Wildman–Crippen MR) is 87.5 cm³/mol. The quantitative estimate of drug-likeness (QED) is 0.574. The molecule has 5 heteroatoms. The molecule has 2 aromatic carbocycles. The Kier molecular flexibility index (Phi) is 3.78. The summed E-state index contributed by atoms with van der Waals surface area (Å²) < 4.78 is 0. The maximum Gasteiger partial charge on any atom is 0.332 e. The van der Waals surface area contributed by atoms with E-state index in [0.717, 1.165) is 27.7 Å². The highest BCUT2D eigenvalue weighted by Crippen LogP contribution is 2.21. The van der Waals surface area contributed by atoms with Crippen molar-refractivity contribution >= 4 is 23.1 Å². The summed E-state index contributed by atoms with van der Waals surface area (Å²) in [6.07, 6.45) is 1.53. The van der Waals surface area contributed by atoms with E-state index in [1.54, 1.807) is 0 Å². The number of carbonyl (C=O) groups is 1. The van der Waals surface area contributed by atoms with Crippen LogP contribution in [0.4, 0.5) is 4.79 Å². The van der Waals surface area contributed by atoms with Crippen molar-refractivity contribution < 1.29 is 4.79 Å². The summed E-state index contributed by atoms with van der Waals surface area (Å²) >= 11 is 0. The van der Waals surface area contributed by atoms with Crippen molar-refractivity contribution in [3.8, 4) is 11.3 Å². The van der Waals surface area contributed by atoms with Crippen LogP contribution in [0.25, 0.3) is 22.2 Å². The normalized spacial score (nSPS) is 10.9. The van der Waals surface area contributed by atoms with Crippen molar-refractivity contribution in [3.63, 3.8) is 0 Å². The summed E-state index contributed by atoms with van der Waals surface area (Å²) in [7, 11) is 0. The highest BCUT2D eigenvalue weighted by Gasteiger charge is 2.01. The van der Waals surface area contributed by atoms with Gasteiger partial charge in [-0.15, -0.1) is 0 Å². The Hall–Kier alpha value is -3.21. The summed E-state index contributed by atoms with van der Waals surface area (Å²) in [5, 5.41) is 4.79. The fraction of sp³-hybridized carbons (Fsp3) is 0. The number of hydrazone groups is 1. The average molecular weight is 290 g/mol. The largest absolute Gasteiger partial charge is 0.350 e. The van der Waals surface area contributed by atoms with Crippen molar-refractivity contribution in [1.82, 2.24) is 10.4 Å². The van der Waals surface area contributed by atoms with Crippen molar-refractivity contribution in [2.45, 2.75) is 0 Å². The maximum atomic E-state index is 10.6. The third-order valence-corrected chi connectivity index (χ3v) is 3.17. The molecule has 1 heterocycles. The number of primary amides is 1. The maximum absolute atomic E-state index is 10.6. The van der Waals surface area contributed by atoms with Gasteiger partial charge >= 0.3 is 6.03 Å². The van der Waals surface area contributed by atoms with Crippen LogP contribution in [0.2, 0.25) is 0 Å². The highest BCUT2D eigenvalue weighted by molar-refractivity contribution is 5.89. The highest BCUT2D eigenvalue weighted by atomic mass is 16.2. The number of nitrogens with zero attached hydrogens (tertiary/aromatic N) is 2. The molecule has 0 aliphatic rings. The Bertz CT molecular complexity index is 844. The van der Waals surface area contributed by atoms with E-state index in [4.69, 9.17) is 5.73 Å². The fourth-order valence-electron chi connectivity index (χ4n) is 2.15. The molecule has 0 saturated carbocycles. The van der Waals surface area contributed by atoms with Gasteiger partial charge in [0.05, 0.1) is 17.4 Å². The number of carbonyl (C=O) groups excluding carboxylic acids is 1. The molecule has 108 valence electrons. The molecule has 3 aromatic rings. The SMILES string of the molecule is NC(=O)NN=Cc1ccc2ccc(-c3ccccc3)nc2c1. The molecule has 1 aromatic heterocycles. The molecule has 22 heavy (non-hydrogen) atoms. The Morgan fingerprint density at radius 3 is 2.64 bits per heavy atom. The van der Waals surface area contributed by atoms with Crippen LogP contribution in [-0.4, -0.2) is 17.2 Å². The lowest BCUT2D eigenvalue weighted by Crippen LogP contribution is -2.24. The van der Waals surface area contributed by atoms with Crippen LogP contribution in [0.3, 0.4) is 0 Å². The minimum absolute atomic E-state index is 0.693. The van der Waals surface area contributed by atoms with E-state index in [9.17, 15) is 4.79 Å². The summed E-state index contributed by atoms with van der Waals surface area (Å²) in [6, 6.07) is 19.1. The zero-order valence-electron chi connectivity index (χ0n) is 11.7. The first-order chi connectivity index (χ1) is 10.7. The van der Waals surface area contributed by atoms with E-state index in [1.807, 2.05) is 60.7 Å². The van der Waals surface area contributed by atoms with E-state index in [0.29, 0.717) is 0 Å². The van der Waals surface area contributed by atoms with Crippen molar-refractivity contribution in [2.24, 2.45) is 10.8 Å². The van der Waals surface area contributed by atoms with Gasteiger partial charge in [0.2, 0.25) is 0 Å². The molecule has 3 N–H and O–H groups in total. The number of urea groups is 1. The summed E-state index contributed by atoms with van der Waals surface area (Å²) in [6.45, 7) is 0. The fourth-order valence-corrected chi connectivity index (χ4v) is 2.15. The van der Waals surface area contributed by atoms with Gasteiger partial charge in [-0.2, -0.15) is 5.10 Å². The van der Waals surface area contributed by atoms with Crippen LogP contribution in [-0.2, 0) is 0 Å². The van der Waals surface area contributed by atoms with E-state index >= 15 is 0 Å². The lowest BCUT2D eigenvalue weighted by molar-refractivity contribution is 0.249. The van der Waals surface area contributed by atoms with Crippen LogP contribution >= 0.6 is 0 Å². The van der Waals surface area contributed by atoms with Gasteiger partial charge in [-0.3, -0.25) is 0 Å². The molecule has 3 rings (SSSR count). The van der Waals surface area contributed by atoms with Crippen LogP contribution in [0, 0.1) is 0 Å². The number of pyridine rings is 1. The van der Waals surface area contributed by atoms with Crippen LogP contribution in [0.15, 0.2) is 65.8 Å². The number of amides is 2. The van der Waals surface area contributed by atoms with E-state index in [1.165, 1.54) is 6.21 Å². The Morgan fingerprint density at radius 1 is 1.09 bits per heavy atom. The summed E-state index contributed by atoms with van der Waals surface area (Å²) in [5.74, 6) is 0. The van der Waals surface area contributed by atoms with Crippen LogP contribution in [0.5, 0.6) is 0 Å². The van der Waals surface area contributed by atoms with E-state index in [2.05, 4.69) is 15.5 Å². The molecule has 0 aliphatic heterocycles. The smallest absolute Gasteiger partial charge is 0.332 e. The molecule has 0 saturated heterocycles. The monoisotopic (exact) mass is 290 g/mol. The molecule has 0 unspecified atom stereocenters. The molecule has 0 fully saturated rings. The standard InChI is InChI=1S/C17H14N4O/c18-17(22)21-19-11-12-6-7-14-8-9-15(20-16(14)10-12)13-4-2-1-3-5-13/h1-11H,(H3,18,21,22). The Labute approximate surface area is 127 Å².